The van der Waals surface area contributed by atoms with E-state index in [1.807, 2.05) is 17.0 Å². The second-order valence-electron chi connectivity index (χ2n) is 6.04. The summed E-state index contributed by atoms with van der Waals surface area (Å²) in [5, 5.41) is 20.0. The number of halogens is 1. The highest BCUT2D eigenvalue weighted by atomic mass is 32.1. The molecule has 1 aliphatic heterocycles. The molecule has 0 bridgehead atoms. The van der Waals surface area contributed by atoms with E-state index in [9.17, 15) is 4.39 Å². The minimum Gasteiger partial charge on any atom is -0.474 e. The number of benzene rings is 1. The van der Waals surface area contributed by atoms with E-state index < -0.39 is 0 Å². The molecule has 1 aromatic heterocycles. The van der Waals surface area contributed by atoms with E-state index >= 15 is 0 Å². The predicted octanol–water partition coefficient (Wildman–Crippen LogP) is 2.04. The Morgan fingerprint density at radius 3 is 3.00 bits per heavy atom. The molecular weight excluding hydrogens is 367 g/mol. The number of rotatable bonds is 5. The van der Waals surface area contributed by atoms with Gasteiger partial charge in [0.15, 0.2) is 0 Å². The lowest BCUT2D eigenvalue weighted by Gasteiger charge is -2.24. The number of methoxy groups -OCH3 is 1. The Morgan fingerprint density at radius 2 is 2.33 bits per heavy atom. The molecule has 0 fully saturated rings. The molecule has 27 heavy (non-hydrogen) atoms. The van der Waals surface area contributed by atoms with Gasteiger partial charge in [0.1, 0.15) is 11.5 Å². The summed E-state index contributed by atoms with van der Waals surface area (Å²) in [6.45, 7) is 2.18. The fourth-order valence-electron chi connectivity index (χ4n) is 2.85. The summed E-state index contributed by atoms with van der Waals surface area (Å²) in [7, 11) is 1.49. The third-order valence-electron chi connectivity index (χ3n) is 4.29. The van der Waals surface area contributed by atoms with Crippen molar-refractivity contribution in [2.24, 2.45) is 0 Å². The summed E-state index contributed by atoms with van der Waals surface area (Å²) < 4.78 is 21.0. The third kappa shape index (κ3) is 4.67. The van der Waals surface area contributed by atoms with Gasteiger partial charge in [0.05, 0.1) is 38.2 Å². The molecule has 1 aromatic carbocycles. The first-order valence-corrected chi connectivity index (χ1v) is 8.83. The second-order valence-corrected chi connectivity index (χ2v) is 6.41. The van der Waals surface area contributed by atoms with Crippen LogP contribution in [-0.2, 0) is 11.3 Å². The number of nitriles is 1. The van der Waals surface area contributed by atoms with Gasteiger partial charge in [0.2, 0.25) is 0 Å². The highest BCUT2D eigenvalue weighted by Gasteiger charge is 2.16. The Balaban J connectivity index is 1.71. The van der Waals surface area contributed by atoms with Crippen molar-refractivity contribution in [3.05, 3.63) is 47.5 Å². The van der Waals surface area contributed by atoms with Gasteiger partial charge in [-0.3, -0.25) is 4.90 Å². The van der Waals surface area contributed by atoms with Crippen LogP contribution in [0.15, 0.2) is 30.5 Å². The Bertz CT molecular complexity index is 903. The summed E-state index contributed by atoms with van der Waals surface area (Å²) in [6.07, 6.45) is 4.41. The number of hydrogen-bond acceptors (Lipinski definition) is 6. The van der Waals surface area contributed by atoms with Gasteiger partial charge < -0.3 is 10.1 Å². The van der Waals surface area contributed by atoms with Crippen LogP contribution < -0.4 is 5.32 Å². The van der Waals surface area contributed by atoms with E-state index in [4.69, 9.17) is 22.2 Å². The maximum absolute atomic E-state index is 14.7. The topological polar surface area (TPSA) is 79.0 Å². The Kier molecular flexibility index (Phi) is 6.11. The van der Waals surface area contributed by atoms with Crippen LogP contribution in [-0.4, -0.2) is 51.8 Å². The van der Waals surface area contributed by atoms with Crippen molar-refractivity contribution in [1.29, 1.82) is 5.26 Å². The second kappa shape index (κ2) is 8.70. The Labute approximate surface area is 162 Å². The predicted molar refractivity (Wildman–Crippen MR) is 102 cm³/mol. The average Bonchev–Trinajstić information content (AvgIpc) is 3.16. The van der Waals surface area contributed by atoms with Crippen molar-refractivity contribution < 1.29 is 9.13 Å². The monoisotopic (exact) mass is 386 g/mol. The standard InChI is InChI=1S/C18H19FN6OS/c1-26-18(27)21-11-14-12-25(23-22-14)15-2-3-16(17(19)10-15)13-4-7-24(8-5-13)9-6-20/h2-4,10,12H,5,7-9,11H2,1H3,(H,21,27). The Morgan fingerprint density at radius 1 is 1.48 bits per heavy atom. The molecule has 2 heterocycles. The van der Waals surface area contributed by atoms with Gasteiger partial charge in [-0.2, -0.15) is 5.26 Å². The molecule has 0 radical (unpaired) electrons. The van der Waals surface area contributed by atoms with Crippen molar-refractivity contribution >= 4 is 23.0 Å². The normalized spacial score (nSPS) is 14.3. The molecule has 0 atom stereocenters. The highest BCUT2D eigenvalue weighted by Crippen LogP contribution is 2.26. The lowest BCUT2D eigenvalue weighted by molar-refractivity contribution is 0.338. The molecule has 0 amide bonds. The number of hydrogen-bond donors (Lipinski definition) is 1. The molecule has 2 aromatic rings. The van der Waals surface area contributed by atoms with Crippen LogP contribution in [0.4, 0.5) is 4.39 Å². The van der Waals surface area contributed by atoms with E-state index in [-0.39, 0.29) is 11.0 Å². The SMILES string of the molecule is COC(=S)NCc1cn(-c2ccc(C3=CCN(CC#N)CC3)c(F)c2)nn1. The van der Waals surface area contributed by atoms with Gasteiger partial charge in [0, 0.05) is 24.7 Å². The molecule has 0 saturated carbocycles. The molecule has 0 spiro atoms. The van der Waals surface area contributed by atoms with Crippen LogP contribution in [0, 0.1) is 17.1 Å². The van der Waals surface area contributed by atoms with Crippen molar-refractivity contribution in [2.75, 3.05) is 26.7 Å². The van der Waals surface area contributed by atoms with E-state index in [0.717, 1.165) is 18.5 Å². The summed E-state index contributed by atoms with van der Waals surface area (Å²) in [6, 6.07) is 7.16. The van der Waals surface area contributed by atoms with Crippen LogP contribution in [0.1, 0.15) is 17.7 Å². The lowest BCUT2D eigenvalue weighted by atomic mass is 9.98. The molecule has 0 aliphatic carbocycles. The fraction of sp³-hybridized carbons (Fsp3) is 0.333. The lowest BCUT2D eigenvalue weighted by Crippen LogP contribution is -2.28. The van der Waals surface area contributed by atoms with Gasteiger partial charge in [0.25, 0.3) is 5.17 Å². The van der Waals surface area contributed by atoms with Crippen LogP contribution >= 0.6 is 12.2 Å². The van der Waals surface area contributed by atoms with E-state index in [0.29, 0.717) is 36.6 Å². The molecule has 0 saturated heterocycles. The number of aromatic nitrogens is 3. The molecule has 140 valence electrons. The van der Waals surface area contributed by atoms with Crippen LogP contribution in [0.2, 0.25) is 0 Å². The zero-order chi connectivity index (χ0) is 19.2. The number of nitrogens with one attached hydrogen (secondary N) is 1. The van der Waals surface area contributed by atoms with Gasteiger partial charge >= 0.3 is 0 Å². The maximum atomic E-state index is 14.7. The molecule has 1 aliphatic rings. The molecule has 9 heteroatoms. The molecule has 1 N–H and O–H groups in total. The Hall–Kier alpha value is -2.83. The van der Waals surface area contributed by atoms with Crippen molar-refractivity contribution in [3.8, 4) is 11.8 Å². The van der Waals surface area contributed by atoms with Crippen molar-refractivity contribution in [2.45, 2.75) is 13.0 Å². The van der Waals surface area contributed by atoms with Gasteiger partial charge in [-0.1, -0.05) is 11.3 Å². The van der Waals surface area contributed by atoms with E-state index in [1.165, 1.54) is 17.9 Å². The van der Waals surface area contributed by atoms with Gasteiger partial charge in [-0.25, -0.2) is 9.07 Å². The smallest absolute Gasteiger partial charge is 0.256 e. The van der Waals surface area contributed by atoms with E-state index in [2.05, 4.69) is 21.7 Å². The largest absolute Gasteiger partial charge is 0.474 e. The summed E-state index contributed by atoms with van der Waals surface area (Å²) in [5.41, 5.74) is 2.80. The zero-order valence-corrected chi connectivity index (χ0v) is 15.7. The van der Waals surface area contributed by atoms with Gasteiger partial charge in [-0.05, 0) is 36.3 Å². The van der Waals surface area contributed by atoms with Crippen molar-refractivity contribution in [3.63, 3.8) is 0 Å². The minimum absolute atomic E-state index is 0.272. The van der Waals surface area contributed by atoms with Crippen LogP contribution in [0.25, 0.3) is 11.3 Å². The highest BCUT2D eigenvalue weighted by molar-refractivity contribution is 7.80. The molecule has 7 nitrogen and oxygen atoms in total. The fourth-order valence-corrected chi connectivity index (χ4v) is 2.92. The summed E-state index contributed by atoms with van der Waals surface area (Å²) >= 11 is 4.91. The summed E-state index contributed by atoms with van der Waals surface area (Å²) in [5.74, 6) is -0.303. The number of ether oxygens (including phenoxy) is 1. The first-order chi connectivity index (χ1) is 13.1. The first kappa shape index (κ1) is 18.9. The molecule has 3 rings (SSSR count). The van der Waals surface area contributed by atoms with Crippen LogP contribution in [0.5, 0.6) is 0 Å². The van der Waals surface area contributed by atoms with Crippen LogP contribution in [0.3, 0.4) is 0 Å². The number of nitrogens with zero attached hydrogens (tertiary/aromatic N) is 5. The minimum atomic E-state index is -0.303. The maximum Gasteiger partial charge on any atom is 0.256 e. The van der Waals surface area contributed by atoms with Gasteiger partial charge in [-0.15, -0.1) is 5.10 Å². The molecule has 0 unspecified atom stereocenters. The average molecular weight is 386 g/mol. The molecular formula is C18H19FN6OS. The number of thiocarbonyl (C=S) groups is 1. The first-order valence-electron chi connectivity index (χ1n) is 8.42. The van der Waals surface area contributed by atoms with E-state index in [1.54, 1.807) is 12.3 Å². The third-order valence-corrected chi connectivity index (χ3v) is 4.60. The quantitative estimate of drug-likeness (QED) is 0.622. The van der Waals surface area contributed by atoms with Crippen molar-refractivity contribution in [1.82, 2.24) is 25.2 Å². The summed E-state index contributed by atoms with van der Waals surface area (Å²) in [4.78, 5) is 2.02. The zero-order valence-electron chi connectivity index (χ0n) is 14.9.